The fraction of sp³-hybridized carbons (Fsp3) is 1.00. The lowest BCUT2D eigenvalue weighted by Gasteiger charge is -2.44. The van der Waals surface area contributed by atoms with E-state index in [9.17, 15) is 0 Å². The molecular formula is C19H36N2. The van der Waals surface area contributed by atoms with E-state index in [2.05, 4.69) is 31.0 Å². The lowest BCUT2D eigenvalue weighted by Crippen LogP contribution is -2.55. The number of piperidine rings is 1. The Morgan fingerprint density at radius 1 is 0.952 bits per heavy atom. The smallest absolute Gasteiger partial charge is 0.0200 e. The molecule has 2 aliphatic carbocycles. The minimum atomic E-state index is 0.752. The summed E-state index contributed by atoms with van der Waals surface area (Å²) in [6.07, 6.45) is 11.5. The van der Waals surface area contributed by atoms with Crippen LogP contribution in [0.3, 0.4) is 0 Å². The fourth-order valence-electron chi connectivity index (χ4n) is 4.84. The summed E-state index contributed by atoms with van der Waals surface area (Å²) in [6, 6.07) is 2.45. The van der Waals surface area contributed by atoms with E-state index in [1.165, 1.54) is 64.5 Å². The van der Waals surface area contributed by atoms with Crippen molar-refractivity contribution >= 4 is 0 Å². The molecule has 0 bridgehead atoms. The molecule has 21 heavy (non-hydrogen) atoms. The van der Waals surface area contributed by atoms with Crippen molar-refractivity contribution in [2.24, 2.45) is 17.8 Å². The Kier molecular flexibility index (Phi) is 5.27. The Labute approximate surface area is 132 Å². The van der Waals surface area contributed by atoms with Crippen molar-refractivity contribution in [2.45, 2.75) is 90.3 Å². The van der Waals surface area contributed by atoms with Crippen LogP contribution < -0.4 is 5.32 Å². The summed E-state index contributed by atoms with van der Waals surface area (Å²) in [5.74, 6) is 2.75. The average Bonchev–Trinajstić information content (AvgIpc) is 3.16. The molecule has 3 aliphatic rings. The van der Waals surface area contributed by atoms with Crippen LogP contribution in [0.5, 0.6) is 0 Å². The highest BCUT2D eigenvalue weighted by Gasteiger charge is 2.39. The second kappa shape index (κ2) is 7.00. The van der Waals surface area contributed by atoms with E-state index in [0.29, 0.717) is 0 Å². The minimum absolute atomic E-state index is 0.752. The molecule has 3 rings (SSSR count). The zero-order valence-electron chi connectivity index (χ0n) is 14.5. The third-order valence-corrected chi connectivity index (χ3v) is 6.33. The highest BCUT2D eigenvalue weighted by atomic mass is 15.2. The lowest BCUT2D eigenvalue weighted by molar-refractivity contribution is 0.0638. The monoisotopic (exact) mass is 292 g/mol. The molecule has 0 aromatic carbocycles. The van der Waals surface area contributed by atoms with Gasteiger partial charge in [-0.2, -0.15) is 0 Å². The lowest BCUT2D eigenvalue weighted by atomic mass is 9.84. The SMILES string of the molecule is CCC(C1CC1)N1CC(NC2CCCC2)CC(C(C)C)C1. The molecule has 0 spiro atoms. The van der Waals surface area contributed by atoms with E-state index in [1.54, 1.807) is 0 Å². The second-order valence-electron chi connectivity index (χ2n) is 8.35. The van der Waals surface area contributed by atoms with Gasteiger partial charge in [-0.15, -0.1) is 0 Å². The molecule has 3 fully saturated rings. The standard InChI is InChI=1S/C19H36N2/c1-4-19(15-9-10-15)21-12-16(14(2)3)11-18(13-21)20-17-7-5-6-8-17/h14-20H,4-13H2,1-3H3. The fourth-order valence-corrected chi connectivity index (χ4v) is 4.84. The van der Waals surface area contributed by atoms with E-state index in [1.807, 2.05) is 0 Å². The van der Waals surface area contributed by atoms with Crippen LogP contribution in [-0.4, -0.2) is 36.1 Å². The Morgan fingerprint density at radius 2 is 1.67 bits per heavy atom. The average molecular weight is 293 g/mol. The number of nitrogens with one attached hydrogen (secondary N) is 1. The molecule has 3 atom stereocenters. The third-order valence-electron chi connectivity index (χ3n) is 6.33. The minimum Gasteiger partial charge on any atom is -0.310 e. The topological polar surface area (TPSA) is 15.3 Å². The van der Waals surface area contributed by atoms with Gasteiger partial charge in [-0.1, -0.05) is 33.6 Å². The Morgan fingerprint density at radius 3 is 2.24 bits per heavy atom. The van der Waals surface area contributed by atoms with E-state index in [0.717, 1.165) is 35.9 Å². The molecule has 1 heterocycles. The van der Waals surface area contributed by atoms with Gasteiger partial charge in [-0.25, -0.2) is 0 Å². The van der Waals surface area contributed by atoms with Crippen LogP contribution >= 0.6 is 0 Å². The summed E-state index contributed by atoms with van der Waals surface area (Å²) in [4.78, 5) is 2.87. The summed E-state index contributed by atoms with van der Waals surface area (Å²) >= 11 is 0. The summed E-state index contributed by atoms with van der Waals surface area (Å²) in [5.41, 5.74) is 0. The zero-order chi connectivity index (χ0) is 14.8. The van der Waals surface area contributed by atoms with Crippen molar-refractivity contribution in [3.8, 4) is 0 Å². The molecule has 2 heteroatoms. The molecule has 0 radical (unpaired) electrons. The number of nitrogens with zero attached hydrogens (tertiary/aromatic N) is 1. The van der Waals surface area contributed by atoms with Crippen molar-refractivity contribution in [1.82, 2.24) is 10.2 Å². The van der Waals surface area contributed by atoms with Gasteiger partial charge in [0.25, 0.3) is 0 Å². The van der Waals surface area contributed by atoms with Crippen LogP contribution in [0.4, 0.5) is 0 Å². The highest BCUT2D eigenvalue weighted by molar-refractivity contribution is 4.94. The zero-order valence-corrected chi connectivity index (χ0v) is 14.5. The van der Waals surface area contributed by atoms with Crippen LogP contribution in [-0.2, 0) is 0 Å². The first-order chi connectivity index (χ1) is 10.2. The third kappa shape index (κ3) is 4.01. The summed E-state index contributed by atoms with van der Waals surface area (Å²) in [5, 5.41) is 4.03. The van der Waals surface area contributed by atoms with Crippen molar-refractivity contribution in [1.29, 1.82) is 0 Å². The van der Waals surface area contributed by atoms with Crippen LogP contribution in [0.15, 0.2) is 0 Å². The first kappa shape index (κ1) is 15.8. The molecule has 1 aliphatic heterocycles. The Bertz CT molecular complexity index is 316. The number of hydrogen-bond acceptors (Lipinski definition) is 2. The Balaban J connectivity index is 1.62. The summed E-state index contributed by atoms with van der Waals surface area (Å²) in [7, 11) is 0. The predicted octanol–water partition coefficient (Wildman–Crippen LogP) is 4.05. The molecule has 1 saturated heterocycles. The van der Waals surface area contributed by atoms with Crippen molar-refractivity contribution in [3.05, 3.63) is 0 Å². The van der Waals surface area contributed by atoms with Crippen LogP contribution in [0, 0.1) is 17.8 Å². The summed E-state index contributed by atoms with van der Waals surface area (Å²) < 4.78 is 0. The van der Waals surface area contributed by atoms with Gasteiger partial charge in [0.1, 0.15) is 0 Å². The van der Waals surface area contributed by atoms with Gasteiger partial charge >= 0.3 is 0 Å². The van der Waals surface area contributed by atoms with E-state index >= 15 is 0 Å². The van der Waals surface area contributed by atoms with Crippen molar-refractivity contribution in [3.63, 3.8) is 0 Å². The first-order valence-corrected chi connectivity index (χ1v) is 9.67. The molecule has 2 saturated carbocycles. The molecule has 0 aromatic heterocycles. The van der Waals surface area contributed by atoms with Crippen molar-refractivity contribution in [2.75, 3.05) is 13.1 Å². The number of rotatable bonds is 6. The van der Waals surface area contributed by atoms with Crippen LogP contribution in [0.2, 0.25) is 0 Å². The number of hydrogen-bond donors (Lipinski definition) is 1. The van der Waals surface area contributed by atoms with Gasteiger partial charge in [0.05, 0.1) is 0 Å². The van der Waals surface area contributed by atoms with Crippen LogP contribution in [0.1, 0.15) is 72.1 Å². The van der Waals surface area contributed by atoms with Gasteiger partial charge in [0, 0.05) is 31.2 Å². The molecule has 2 nitrogen and oxygen atoms in total. The normalized spacial score (nSPS) is 33.7. The molecule has 0 aromatic rings. The van der Waals surface area contributed by atoms with Gasteiger partial charge in [0.2, 0.25) is 0 Å². The van der Waals surface area contributed by atoms with Gasteiger partial charge in [-0.05, 0) is 56.3 Å². The van der Waals surface area contributed by atoms with Gasteiger partial charge in [-0.3, -0.25) is 4.90 Å². The van der Waals surface area contributed by atoms with Crippen molar-refractivity contribution < 1.29 is 0 Å². The Hall–Kier alpha value is -0.0800. The quantitative estimate of drug-likeness (QED) is 0.794. The van der Waals surface area contributed by atoms with E-state index in [4.69, 9.17) is 0 Å². The van der Waals surface area contributed by atoms with E-state index in [-0.39, 0.29) is 0 Å². The maximum Gasteiger partial charge on any atom is 0.0200 e. The molecule has 122 valence electrons. The van der Waals surface area contributed by atoms with Crippen LogP contribution in [0.25, 0.3) is 0 Å². The highest BCUT2D eigenvalue weighted by Crippen LogP contribution is 2.39. The number of likely N-dealkylation sites (tertiary alicyclic amines) is 1. The second-order valence-corrected chi connectivity index (χ2v) is 8.35. The largest absolute Gasteiger partial charge is 0.310 e. The van der Waals surface area contributed by atoms with Gasteiger partial charge in [0.15, 0.2) is 0 Å². The molecule has 0 amide bonds. The molecule has 1 N–H and O–H groups in total. The summed E-state index contributed by atoms with van der Waals surface area (Å²) in [6.45, 7) is 9.93. The molecule has 3 unspecified atom stereocenters. The molecular weight excluding hydrogens is 256 g/mol. The van der Waals surface area contributed by atoms with Gasteiger partial charge < -0.3 is 5.32 Å². The first-order valence-electron chi connectivity index (χ1n) is 9.67. The maximum atomic E-state index is 4.03. The predicted molar refractivity (Wildman–Crippen MR) is 90.5 cm³/mol. The van der Waals surface area contributed by atoms with E-state index < -0.39 is 0 Å². The maximum absolute atomic E-state index is 4.03.